The zero-order chi connectivity index (χ0) is 18.2. The molecule has 8 heteroatoms. The Morgan fingerprint density at radius 3 is 2.68 bits per heavy atom. The lowest BCUT2D eigenvalue weighted by molar-refractivity contribution is 0.115. The molecule has 0 saturated carbocycles. The number of nitrogens with zero attached hydrogens (tertiary/aromatic N) is 1. The van der Waals surface area contributed by atoms with Crippen LogP contribution in [0, 0.1) is 5.82 Å². The molecule has 0 radical (unpaired) electrons. The number of hydrogen-bond acceptors (Lipinski definition) is 4. The van der Waals surface area contributed by atoms with Gasteiger partial charge in [0.05, 0.1) is 5.71 Å². The Kier molecular flexibility index (Phi) is 4.92. The van der Waals surface area contributed by atoms with Crippen LogP contribution in [0.4, 0.5) is 4.39 Å². The third-order valence-corrected chi connectivity index (χ3v) is 4.24. The average Bonchev–Trinajstić information content (AvgIpc) is 2.51. The van der Waals surface area contributed by atoms with Crippen LogP contribution >= 0.6 is 11.6 Å². The summed E-state index contributed by atoms with van der Waals surface area (Å²) >= 11 is 3.48. The molecule has 2 aromatic carbocycles. The van der Waals surface area contributed by atoms with E-state index in [4.69, 9.17) is 16.3 Å². The van der Waals surface area contributed by atoms with Crippen molar-refractivity contribution in [3.05, 3.63) is 63.9 Å². The smallest absolute Gasteiger partial charge is 0.195 e. The molecule has 1 N–H and O–H groups in total. The highest BCUT2D eigenvalue weighted by Gasteiger charge is 2.30. The normalized spacial score (nSPS) is 16.6. The van der Waals surface area contributed by atoms with E-state index in [-0.39, 0.29) is 6.54 Å². The Morgan fingerprint density at radius 1 is 1.28 bits per heavy atom. The van der Waals surface area contributed by atoms with Crippen LogP contribution < -0.4 is 9.46 Å². The Labute approximate surface area is 152 Å². The number of ether oxygens (including phenoxy) is 1. The summed E-state index contributed by atoms with van der Waals surface area (Å²) in [5, 5.41) is 0.306. The van der Waals surface area contributed by atoms with Gasteiger partial charge in [0, 0.05) is 34.0 Å². The third kappa shape index (κ3) is 4.07. The van der Waals surface area contributed by atoms with Gasteiger partial charge in [-0.05, 0) is 49.7 Å². The maximum Gasteiger partial charge on any atom is 0.195 e. The van der Waals surface area contributed by atoms with E-state index in [1.165, 1.54) is 6.07 Å². The van der Waals surface area contributed by atoms with Gasteiger partial charge in [-0.2, -0.15) is 0 Å². The molecule has 1 heterocycles. The van der Waals surface area contributed by atoms with Crippen molar-refractivity contribution in [1.29, 1.82) is 0 Å². The molecule has 5 nitrogen and oxygen atoms in total. The maximum absolute atomic E-state index is 14.4. The first kappa shape index (κ1) is 18.0. The van der Waals surface area contributed by atoms with E-state index >= 15 is 0 Å². The lowest BCUT2D eigenvalue weighted by Gasteiger charge is -2.30. The summed E-state index contributed by atoms with van der Waals surface area (Å²) in [6.45, 7) is 3.66. The van der Waals surface area contributed by atoms with Crippen LogP contribution in [0.25, 0.3) is 0 Å². The molecule has 0 aromatic heterocycles. The average molecular weight is 382 g/mol. The van der Waals surface area contributed by atoms with Crippen molar-refractivity contribution in [3.63, 3.8) is 0 Å². The van der Waals surface area contributed by atoms with Gasteiger partial charge < -0.3 is 9.29 Å². The van der Waals surface area contributed by atoms with Gasteiger partial charge in [-0.1, -0.05) is 17.7 Å². The Hall–Kier alpha value is -1.80. The number of nitrogens with one attached hydrogen (secondary N) is 1. The summed E-state index contributed by atoms with van der Waals surface area (Å²) in [5.74, 6) is 0.0442. The van der Waals surface area contributed by atoms with Gasteiger partial charge >= 0.3 is 0 Å². The molecule has 0 saturated heterocycles. The number of benzene rings is 2. The number of hydrogen-bond donors (Lipinski definition) is 1. The van der Waals surface area contributed by atoms with Crippen molar-refractivity contribution in [2.75, 3.05) is 0 Å². The Balaban J connectivity index is 2.06. The number of aliphatic imine (C=N–C) groups is 1. The highest BCUT2D eigenvalue weighted by Crippen LogP contribution is 2.34. The minimum atomic E-state index is -2.35. The van der Waals surface area contributed by atoms with E-state index in [1.54, 1.807) is 44.2 Å². The van der Waals surface area contributed by atoms with E-state index < -0.39 is 22.8 Å². The van der Waals surface area contributed by atoms with Crippen molar-refractivity contribution in [2.24, 2.45) is 4.99 Å². The van der Waals surface area contributed by atoms with E-state index in [0.717, 1.165) is 5.56 Å². The SMILES string of the molecule is CC1(C)N=C(c2ccc(Cl)cc2F)c2ccc(CNS(=O)[O-])cc2O1. The first-order valence-corrected chi connectivity index (χ1v) is 8.91. The molecular weight excluding hydrogens is 367 g/mol. The third-order valence-electron chi connectivity index (χ3n) is 3.62. The van der Waals surface area contributed by atoms with E-state index in [2.05, 4.69) is 9.71 Å². The first-order chi connectivity index (χ1) is 11.7. The molecule has 132 valence electrons. The zero-order valence-electron chi connectivity index (χ0n) is 13.5. The highest BCUT2D eigenvalue weighted by atomic mass is 35.5. The maximum atomic E-state index is 14.4. The van der Waals surface area contributed by atoms with Crippen molar-refractivity contribution >= 4 is 28.6 Å². The monoisotopic (exact) mass is 381 g/mol. The summed E-state index contributed by atoms with van der Waals surface area (Å²) in [7, 11) is 0. The van der Waals surface area contributed by atoms with Crippen LogP contribution in [-0.2, 0) is 17.8 Å². The second-order valence-corrected chi connectivity index (χ2v) is 7.21. The number of rotatable bonds is 4. The fraction of sp³-hybridized carbons (Fsp3) is 0.235. The molecule has 0 fully saturated rings. The van der Waals surface area contributed by atoms with Gasteiger partial charge in [-0.25, -0.2) is 14.1 Å². The molecule has 0 bridgehead atoms. The fourth-order valence-electron chi connectivity index (χ4n) is 2.61. The molecule has 0 spiro atoms. The zero-order valence-corrected chi connectivity index (χ0v) is 15.1. The van der Waals surface area contributed by atoms with Gasteiger partial charge in [-0.15, -0.1) is 0 Å². The lowest BCUT2D eigenvalue weighted by atomic mass is 9.97. The summed E-state index contributed by atoms with van der Waals surface area (Å²) < 4.78 is 43.9. The van der Waals surface area contributed by atoms with Crippen LogP contribution in [0.5, 0.6) is 5.75 Å². The van der Waals surface area contributed by atoms with Gasteiger partial charge in [0.2, 0.25) is 0 Å². The van der Waals surface area contributed by atoms with Crippen LogP contribution in [-0.4, -0.2) is 20.2 Å². The minimum Gasteiger partial charge on any atom is -0.760 e. The van der Waals surface area contributed by atoms with Crippen molar-refractivity contribution < 1.29 is 17.9 Å². The molecule has 0 aliphatic carbocycles. The summed E-state index contributed by atoms with van der Waals surface area (Å²) in [6, 6.07) is 9.62. The molecule has 1 atom stereocenters. The van der Waals surface area contributed by atoms with E-state index in [9.17, 15) is 13.2 Å². The minimum absolute atomic E-state index is 0.134. The van der Waals surface area contributed by atoms with E-state index in [1.807, 2.05) is 0 Å². The largest absolute Gasteiger partial charge is 0.760 e. The first-order valence-electron chi connectivity index (χ1n) is 7.45. The quantitative estimate of drug-likeness (QED) is 0.825. The Morgan fingerprint density at radius 2 is 2.00 bits per heavy atom. The van der Waals surface area contributed by atoms with Crippen LogP contribution in [0.15, 0.2) is 41.4 Å². The molecule has 3 rings (SSSR count). The van der Waals surface area contributed by atoms with E-state index in [0.29, 0.717) is 27.6 Å². The van der Waals surface area contributed by atoms with Gasteiger partial charge in [0.15, 0.2) is 5.72 Å². The number of fused-ring (bicyclic) bond motifs is 1. The van der Waals surface area contributed by atoms with Crippen LogP contribution in [0.3, 0.4) is 0 Å². The summed E-state index contributed by atoms with van der Waals surface area (Å²) in [4.78, 5) is 4.52. The van der Waals surface area contributed by atoms with Crippen molar-refractivity contribution in [1.82, 2.24) is 4.72 Å². The predicted octanol–water partition coefficient (Wildman–Crippen LogP) is 3.33. The highest BCUT2D eigenvalue weighted by molar-refractivity contribution is 7.77. The molecule has 2 aromatic rings. The second-order valence-electron chi connectivity index (χ2n) is 6.02. The second kappa shape index (κ2) is 6.84. The molecule has 1 aliphatic heterocycles. The topological polar surface area (TPSA) is 73.8 Å². The summed E-state index contributed by atoms with van der Waals surface area (Å²) in [5.41, 5.74) is 1.26. The predicted molar refractivity (Wildman–Crippen MR) is 94.0 cm³/mol. The molecular formula is C17H15ClFN2O3S-. The fourth-order valence-corrected chi connectivity index (χ4v) is 3.05. The molecule has 1 unspecified atom stereocenters. The van der Waals surface area contributed by atoms with Crippen LogP contribution in [0.2, 0.25) is 5.02 Å². The standard InChI is InChI=1S/C17H16ClFN2O3S/c1-17(2)21-16(12-6-4-11(18)8-14(12)19)13-5-3-10(7-15(13)24-17)9-20-25(22)23/h3-8,20H,9H2,1-2H3,(H,22,23)/p-1. The van der Waals surface area contributed by atoms with Gasteiger partial charge in [-0.3, -0.25) is 4.21 Å². The van der Waals surface area contributed by atoms with Gasteiger partial charge in [0.25, 0.3) is 0 Å². The molecule has 25 heavy (non-hydrogen) atoms. The van der Waals surface area contributed by atoms with Gasteiger partial charge in [0.1, 0.15) is 11.6 Å². The van der Waals surface area contributed by atoms with Crippen LogP contribution in [0.1, 0.15) is 30.5 Å². The lowest BCUT2D eigenvalue weighted by Crippen LogP contribution is -2.33. The Bertz CT molecular complexity index is 886. The van der Waals surface area contributed by atoms with Crippen molar-refractivity contribution in [3.8, 4) is 5.75 Å². The number of halogens is 2. The van der Waals surface area contributed by atoms with Crippen molar-refractivity contribution in [2.45, 2.75) is 26.1 Å². The molecule has 0 amide bonds. The summed E-state index contributed by atoms with van der Waals surface area (Å²) in [6.07, 6.45) is 0. The molecule has 1 aliphatic rings.